The van der Waals surface area contributed by atoms with Gasteiger partial charge in [-0.15, -0.1) is 24.0 Å². The Bertz CT molecular complexity index is 606. The zero-order valence-corrected chi connectivity index (χ0v) is 20.8. The number of halogens is 1. The van der Waals surface area contributed by atoms with Crippen LogP contribution in [0.25, 0.3) is 0 Å². The minimum absolute atomic E-state index is 0. The highest BCUT2D eigenvalue weighted by molar-refractivity contribution is 14.0. The summed E-state index contributed by atoms with van der Waals surface area (Å²) < 4.78 is 11.8. The fourth-order valence-corrected chi connectivity index (χ4v) is 3.38. The van der Waals surface area contributed by atoms with Crippen LogP contribution in [0.1, 0.15) is 44.2 Å². The van der Waals surface area contributed by atoms with E-state index in [1.54, 1.807) is 0 Å². The molecule has 0 saturated carbocycles. The van der Waals surface area contributed by atoms with Crippen molar-refractivity contribution in [2.24, 2.45) is 4.99 Å². The summed E-state index contributed by atoms with van der Waals surface area (Å²) in [6.07, 6.45) is 3.62. The van der Waals surface area contributed by atoms with E-state index in [0.29, 0.717) is 13.2 Å². The number of aryl methyl sites for hydroxylation is 1. The number of nitrogens with one attached hydrogen (secondary N) is 2. The SMILES string of the molecule is CCCN(CC)CCNC(=NC)NCc1ccc(C)cc1OCC1CCCO1.I. The van der Waals surface area contributed by atoms with Crippen LogP contribution in [0.2, 0.25) is 0 Å². The number of ether oxygens (including phenoxy) is 2. The van der Waals surface area contributed by atoms with Crippen molar-refractivity contribution in [1.82, 2.24) is 15.5 Å². The first-order chi connectivity index (χ1) is 13.7. The van der Waals surface area contributed by atoms with E-state index >= 15 is 0 Å². The fourth-order valence-electron chi connectivity index (χ4n) is 3.38. The molecule has 2 N–H and O–H groups in total. The van der Waals surface area contributed by atoms with Gasteiger partial charge in [-0.05, 0) is 50.9 Å². The van der Waals surface area contributed by atoms with Gasteiger partial charge in [0.1, 0.15) is 12.4 Å². The molecular formula is C22H39IN4O2. The van der Waals surface area contributed by atoms with Crippen LogP contribution in [-0.2, 0) is 11.3 Å². The molecule has 1 atom stereocenters. The Morgan fingerprint density at radius 3 is 2.76 bits per heavy atom. The quantitative estimate of drug-likeness (QED) is 0.267. The molecule has 1 aliphatic heterocycles. The molecular weight excluding hydrogens is 479 g/mol. The van der Waals surface area contributed by atoms with Crippen molar-refractivity contribution < 1.29 is 9.47 Å². The number of rotatable bonds is 11. The first-order valence-corrected chi connectivity index (χ1v) is 10.7. The average Bonchev–Trinajstić information content (AvgIpc) is 3.22. The number of guanidine groups is 1. The van der Waals surface area contributed by atoms with Gasteiger partial charge >= 0.3 is 0 Å². The highest BCUT2D eigenvalue weighted by atomic mass is 127. The van der Waals surface area contributed by atoms with Crippen molar-refractivity contribution in [3.63, 3.8) is 0 Å². The largest absolute Gasteiger partial charge is 0.491 e. The molecule has 166 valence electrons. The monoisotopic (exact) mass is 518 g/mol. The van der Waals surface area contributed by atoms with Crippen LogP contribution in [0.15, 0.2) is 23.2 Å². The van der Waals surface area contributed by atoms with E-state index in [2.05, 4.69) is 59.5 Å². The lowest BCUT2D eigenvalue weighted by Crippen LogP contribution is -2.41. The predicted octanol–water partition coefficient (Wildman–Crippen LogP) is 3.57. The molecule has 2 rings (SSSR count). The topological polar surface area (TPSA) is 58.1 Å². The van der Waals surface area contributed by atoms with Gasteiger partial charge < -0.3 is 25.0 Å². The van der Waals surface area contributed by atoms with Crippen molar-refractivity contribution in [3.8, 4) is 5.75 Å². The molecule has 6 nitrogen and oxygen atoms in total. The molecule has 0 spiro atoms. The summed E-state index contributed by atoms with van der Waals surface area (Å²) in [7, 11) is 1.81. The van der Waals surface area contributed by atoms with E-state index < -0.39 is 0 Å². The number of benzene rings is 1. The van der Waals surface area contributed by atoms with Gasteiger partial charge in [-0.2, -0.15) is 0 Å². The zero-order valence-electron chi connectivity index (χ0n) is 18.5. The molecule has 0 bridgehead atoms. The standard InChI is InChI=1S/C22H38N4O2.HI/c1-5-12-26(6-2)13-11-24-22(23-4)25-16-19-10-9-18(3)15-21(19)28-17-20-8-7-14-27-20;/h9-10,15,20H,5-8,11-14,16-17H2,1-4H3,(H2,23,24,25);1H. The van der Waals surface area contributed by atoms with Crippen molar-refractivity contribution in [2.45, 2.75) is 52.7 Å². The third-order valence-corrected chi connectivity index (χ3v) is 5.05. The predicted molar refractivity (Wildman–Crippen MR) is 132 cm³/mol. The number of hydrogen-bond acceptors (Lipinski definition) is 4. The minimum atomic E-state index is 0. The van der Waals surface area contributed by atoms with Gasteiger partial charge in [-0.1, -0.05) is 26.0 Å². The summed E-state index contributed by atoms with van der Waals surface area (Å²) in [5.74, 6) is 1.75. The maximum absolute atomic E-state index is 6.09. The van der Waals surface area contributed by atoms with E-state index in [4.69, 9.17) is 9.47 Å². The second-order valence-electron chi connectivity index (χ2n) is 7.34. The minimum Gasteiger partial charge on any atom is -0.491 e. The normalized spacial score (nSPS) is 16.6. The van der Waals surface area contributed by atoms with Crippen molar-refractivity contribution in [3.05, 3.63) is 29.3 Å². The Kier molecular flexibility index (Phi) is 13.3. The second-order valence-corrected chi connectivity index (χ2v) is 7.34. The van der Waals surface area contributed by atoms with E-state index in [0.717, 1.165) is 62.9 Å². The Morgan fingerprint density at radius 2 is 2.10 bits per heavy atom. The van der Waals surface area contributed by atoms with Gasteiger partial charge in [0.05, 0.1) is 6.10 Å². The lowest BCUT2D eigenvalue weighted by Gasteiger charge is -2.21. The number of aliphatic imine (C=N–C) groups is 1. The molecule has 0 aliphatic carbocycles. The van der Waals surface area contributed by atoms with Crippen molar-refractivity contribution >= 4 is 29.9 Å². The summed E-state index contributed by atoms with van der Waals surface area (Å²) in [6, 6.07) is 6.35. The van der Waals surface area contributed by atoms with Crippen molar-refractivity contribution in [2.75, 3.05) is 46.4 Å². The maximum Gasteiger partial charge on any atom is 0.191 e. The van der Waals surface area contributed by atoms with Crippen LogP contribution in [0.5, 0.6) is 5.75 Å². The Hall–Kier alpha value is -1.06. The third kappa shape index (κ3) is 9.53. The Balaban J connectivity index is 0.00000420. The van der Waals surface area contributed by atoms with Crippen LogP contribution in [0.4, 0.5) is 0 Å². The van der Waals surface area contributed by atoms with E-state index in [1.165, 1.54) is 12.0 Å². The number of nitrogens with zero attached hydrogens (tertiary/aromatic N) is 2. The lowest BCUT2D eigenvalue weighted by molar-refractivity contribution is 0.0676. The maximum atomic E-state index is 6.09. The Labute approximate surface area is 193 Å². The fraction of sp³-hybridized carbons (Fsp3) is 0.682. The molecule has 29 heavy (non-hydrogen) atoms. The summed E-state index contributed by atoms with van der Waals surface area (Å²) in [5.41, 5.74) is 2.33. The smallest absolute Gasteiger partial charge is 0.191 e. The molecule has 0 amide bonds. The first-order valence-electron chi connectivity index (χ1n) is 10.7. The first kappa shape index (κ1) is 26.0. The van der Waals surface area contributed by atoms with E-state index in [-0.39, 0.29) is 30.1 Å². The van der Waals surface area contributed by atoms with Crippen molar-refractivity contribution in [1.29, 1.82) is 0 Å². The van der Waals surface area contributed by atoms with Crippen LogP contribution < -0.4 is 15.4 Å². The molecule has 1 aromatic rings. The molecule has 1 heterocycles. The molecule has 1 aromatic carbocycles. The highest BCUT2D eigenvalue weighted by Crippen LogP contribution is 2.22. The highest BCUT2D eigenvalue weighted by Gasteiger charge is 2.17. The summed E-state index contributed by atoms with van der Waals surface area (Å²) in [5, 5.41) is 6.81. The second kappa shape index (κ2) is 14.8. The van der Waals surface area contributed by atoms with Crippen LogP contribution in [0.3, 0.4) is 0 Å². The Morgan fingerprint density at radius 1 is 1.28 bits per heavy atom. The van der Waals surface area contributed by atoms with Gasteiger partial charge in [0.25, 0.3) is 0 Å². The van der Waals surface area contributed by atoms with Crippen LogP contribution in [-0.4, -0.2) is 63.4 Å². The van der Waals surface area contributed by atoms with Crippen LogP contribution in [0, 0.1) is 6.92 Å². The number of hydrogen-bond donors (Lipinski definition) is 2. The molecule has 7 heteroatoms. The average molecular weight is 518 g/mol. The summed E-state index contributed by atoms with van der Waals surface area (Å²) in [6.45, 7) is 12.8. The van der Waals surface area contributed by atoms with Crippen LogP contribution >= 0.6 is 24.0 Å². The molecule has 1 saturated heterocycles. The third-order valence-electron chi connectivity index (χ3n) is 5.05. The molecule has 0 radical (unpaired) electrons. The van der Waals surface area contributed by atoms with Gasteiger partial charge in [0.2, 0.25) is 0 Å². The lowest BCUT2D eigenvalue weighted by atomic mass is 10.1. The van der Waals surface area contributed by atoms with Gasteiger partial charge in [-0.25, -0.2) is 0 Å². The zero-order chi connectivity index (χ0) is 20.2. The summed E-state index contributed by atoms with van der Waals surface area (Å²) >= 11 is 0. The van der Waals surface area contributed by atoms with E-state index in [1.807, 2.05) is 7.05 Å². The molecule has 1 unspecified atom stereocenters. The molecule has 0 aromatic heterocycles. The molecule has 1 aliphatic rings. The molecule has 1 fully saturated rings. The van der Waals surface area contributed by atoms with Gasteiger partial charge in [0.15, 0.2) is 5.96 Å². The summed E-state index contributed by atoms with van der Waals surface area (Å²) in [4.78, 5) is 6.78. The van der Waals surface area contributed by atoms with E-state index in [9.17, 15) is 0 Å². The van der Waals surface area contributed by atoms with Gasteiger partial charge in [0, 0.05) is 38.9 Å². The number of likely N-dealkylation sites (N-methyl/N-ethyl adjacent to an activating group) is 1. The van der Waals surface area contributed by atoms with Gasteiger partial charge in [-0.3, -0.25) is 4.99 Å².